The van der Waals surface area contributed by atoms with E-state index in [2.05, 4.69) is 9.88 Å². The average molecular weight is 253 g/mol. The van der Waals surface area contributed by atoms with Crippen molar-refractivity contribution in [3.63, 3.8) is 0 Å². The monoisotopic (exact) mass is 253 g/mol. The second-order valence-electron chi connectivity index (χ2n) is 5.05. The van der Waals surface area contributed by atoms with Crippen LogP contribution in [-0.4, -0.2) is 35.6 Å². The number of piperidine rings is 1. The first-order valence-corrected chi connectivity index (χ1v) is 7.47. The largest absolute Gasteiger partial charge is 0.328 e. The van der Waals surface area contributed by atoms with E-state index in [1.54, 1.807) is 0 Å². The van der Waals surface area contributed by atoms with Crippen LogP contribution in [0.1, 0.15) is 36.1 Å². The lowest BCUT2D eigenvalue weighted by Gasteiger charge is -2.25. The summed E-state index contributed by atoms with van der Waals surface area (Å²) in [6.45, 7) is 5.77. The van der Waals surface area contributed by atoms with Gasteiger partial charge in [-0.2, -0.15) is 0 Å². The Labute approximate surface area is 108 Å². The molecule has 96 valence electrons. The van der Waals surface area contributed by atoms with Gasteiger partial charge in [-0.25, -0.2) is 4.98 Å². The molecule has 17 heavy (non-hydrogen) atoms. The highest BCUT2D eigenvalue weighted by atomic mass is 32.1. The Balaban J connectivity index is 1.76. The summed E-state index contributed by atoms with van der Waals surface area (Å²) in [4.78, 5) is 8.38. The van der Waals surface area contributed by atoms with Gasteiger partial charge in [0, 0.05) is 30.1 Å². The third kappa shape index (κ3) is 4.37. The molecule has 0 amide bonds. The number of nitrogens with zero attached hydrogens (tertiary/aromatic N) is 2. The van der Waals surface area contributed by atoms with E-state index in [4.69, 9.17) is 5.73 Å². The van der Waals surface area contributed by atoms with Crippen molar-refractivity contribution in [1.82, 2.24) is 9.88 Å². The molecule has 0 aromatic carbocycles. The van der Waals surface area contributed by atoms with E-state index in [1.165, 1.54) is 48.8 Å². The molecule has 1 aliphatic rings. The van der Waals surface area contributed by atoms with Crippen molar-refractivity contribution in [1.29, 1.82) is 0 Å². The van der Waals surface area contributed by atoms with Gasteiger partial charge in [-0.3, -0.25) is 0 Å². The molecule has 1 fully saturated rings. The first-order chi connectivity index (χ1) is 8.24. The fraction of sp³-hybridized carbons (Fsp3) is 0.769. The van der Waals surface area contributed by atoms with Crippen LogP contribution >= 0.6 is 11.3 Å². The molecule has 2 heterocycles. The standard InChI is InChI=1S/C13H23N3S/c1-11(14)9-12-10-15-13(17-12)5-8-16-6-3-2-4-7-16/h10-11H,2-9,14H2,1H3. The van der Waals surface area contributed by atoms with Crippen molar-refractivity contribution in [3.05, 3.63) is 16.1 Å². The third-order valence-corrected chi connectivity index (χ3v) is 4.29. The SMILES string of the molecule is CC(N)Cc1cnc(CCN2CCCCC2)s1. The summed E-state index contributed by atoms with van der Waals surface area (Å²) in [5, 5.41) is 1.27. The highest BCUT2D eigenvalue weighted by Gasteiger charge is 2.11. The Morgan fingerprint density at radius 1 is 1.41 bits per heavy atom. The van der Waals surface area contributed by atoms with Crippen molar-refractivity contribution in [2.24, 2.45) is 5.73 Å². The zero-order valence-corrected chi connectivity index (χ0v) is 11.5. The Morgan fingerprint density at radius 3 is 2.88 bits per heavy atom. The Morgan fingerprint density at radius 2 is 2.18 bits per heavy atom. The van der Waals surface area contributed by atoms with Crippen molar-refractivity contribution in [2.75, 3.05) is 19.6 Å². The van der Waals surface area contributed by atoms with Gasteiger partial charge in [-0.1, -0.05) is 6.42 Å². The minimum absolute atomic E-state index is 0.241. The van der Waals surface area contributed by atoms with Crippen LogP contribution in [0.5, 0.6) is 0 Å². The lowest BCUT2D eigenvalue weighted by Crippen LogP contribution is -2.31. The number of rotatable bonds is 5. The van der Waals surface area contributed by atoms with Crippen molar-refractivity contribution in [3.8, 4) is 0 Å². The van der Waals surface area contributed by atoms with Gasteiger partial charge in [0.25, 0.3) is 0 Å². The summed E-state index contributed by atoms with van der Waals surface area (Å²) in [7, 11) is 0. The zero-order valence-electron chi connectivity index (χ0n) is 10.7. The van der Waals surface area contributed by atoms with Crippen LogP contribution in [0.15, 0.2) is 6.20 Å². The topological polar surface area (TPSA) is 42.1 Å². The summed E-state index contributed by atoms with van der Waals surface area (Å²) < 4.78 is 0. The molecule has 1 aromatic heterocycles. The van der Waals surface area contributed by atoms with Crippen LogP contribution in [0.2, 0.25) is 0 Å². The van der Waals surface area contributed by atoms with Gasteiger partial charge >= 0.3 is 0 Å². The second-order valence-corrected chi connectivity index (χ2v) is 6.25. The van der Waals surface area contributed by atoms with E-state index < -0.39 is 0 Å². The number of hydrogen-bond donors (Lipinski definition) is 1. The number of likely N-dealkylation sites (tertiary alicyclic amines) is 1. The highest BCUT2D eigenvalue weighted by Crippen LogP contribution is 2.16. The van der Waals surface area contributed by atoms with Gasteiger partial charge in [-0.05, 0) is 39.3 Å². The van der Waals surface area contributed by atoms with Gasteiger partial charge in [0.15, 0.2) is 0 Å². The van der Waals surface area contributed by atoms with Crippen LogP contribution in [0.4, 0.5) is 0 Å². The molecule has 3 nitrogen and oxygen atoms in total. The molecule has 1 aromatic rings. The van der Waals surface area contributed by atoms with Crippen LogP contribution in [0.3, 0.4) is 0 Å². The van der Waals surface area contributed by atoms with Crippen molar-refractivity contribution >= 4 is 11.3 Å². The number of nitrogens with two attached hydrogens (primary N) is 1. The molecular formula is C13H23N3S. The van der Waals surface area contributed by atoms with Crippen molar-refractivity contribution in [2.45, 2.75) is 45.1 Å². The van der Waals surface area contributed by atoms with E-state index in [0.29, 0.717) is 0 Å². The molecule has 2 rings (SSSR count). The quantitative estimate of drug-likeness (QED) is 0.873. The van der Waals surface area contributed by atoms with Gasteiger partial charge in [0.2, 0.25) is 0 Å². The maximum absolute atomic E-state index is 5.80. The second kappa shape index (κ2) is 6.47. The number of hydrogen-bond acceptors (Lipinski definition) is 4. The fourth-order valence-corrected chi connectivity index (χ4v) is 3.37. The molecule has 0 bridgehead atoms. The van der Waals surface area contributed by atoms with E-state index in [1.807, 2.05) is 24.5 Å². The summed E-state index contributed by atoms with van der Waals surface area (Å²) in [6, 6.07) is 0.241. The predicted octanol–water partition coefficient (Wildman–Crippen LogP) is 2.06. The van der Waals surface area contributed by atoms with Crippen LogP contribution in [-0.2, 0) is 12.8 Å². The van der Waals surface area contributed by atoms with E-state index >= 15 is 0 Å². The first kappa shape index (κ1) is 13.0. The molecule has 1 atom stereocenters. The smallest absolute Gasteiger partial charge is 0.0940 e. The minimum atomic E-state index is 0.241. The maximum Gasteiger partial charge on any atom is 0.0940 e. The lowest BCUT2D eigenvalue weighted by molar-refractivity contribution is 0.231. The van der Waals surface area contributed by atoms with E-state index in [9.17, 15) is 0 Å². The molecule has 0 spiro atoms. The molecule has 4 heteroatoms. The Kier molecular flexibility index (Phi) is 4.95. The van der Waals surface area contributed by atoms with Gasteiger partial charge in [-0.15, -0.1) is 11.3 Å². The molecule has 0 radical (unpaired) electrons. The summed E-state index contributed by atoms with van der Waals surface area (Å²) in [6.07, 6.45) is 8.21. The van der Waals surface area contributed by atoms with Crippen LogP contribution in [0.25, 0.3) is 0 Å². The lowest BCUT2D eigenvalue weighted by atomic mass is 10.1. The molecule has 0 saturated carbocycles. The number of aromatic nitrogens is 1. The highest BCUT2D eigenvalue weighted by molar-refractivity contribution is 7.11. The first-order valence-electron chi connectivity index (χ1n) is 6.65. The molecule has 1 aliphatic heterocycles. The average Bonchev–Trinajstić information content (AvgIpc) is 2.75. The van der Waals surface area contributed by atoms with Gasteiger partial charge in [0.1, 0.15) is 0 Å². The van der Waals surface area contributed by atoms with Crippen molar-refractivity contribution < 1.29 is 0 Å². The molecule has 1 unspecified atom stereocenters. The Hall–Kier alpha value is -0.450. The summed E-state index contributed by atoms with van der Waals surface area (Å²) in [5.41, 5.74) is 5.80. The third-order valence-electron chi connectivity index (χ3n) is 3.22. The van der Waals surface area contributed by atoms with E-state index in [-0.39, 0.29) is 6.04 Å². The predicted molar refractivity (Wildman–Crippen MR) is 73.5 cm³/mol. The summed E-state index contributed by atoms with van der Waals surface area (Å²) in [5.74, 6) is 0. The summed E-state index contributed by atoms with van der Waals surface area (Å²) >= 11 is 1.83. The van der Waals surface area contributed by atoms with Gasteiger partial charge < -0.3 is 10.6 Å². The molecule has 1 saturated heterocycles. The Bertz CT molecular complexity index is 329. The normalized spacial score (nSPS) is 19.4. The van der Waals surface area contributed by atoms with Crippen LogP contribution < -0.4 is 5.73 Å². The zero-order chi connectivity index (χ0) is 12.1. The molecular weight excluding hydrogens is 230 g/mol. The fourth-order valence-electron chi connectivity index (χ4n) is 2.31. The minimum Gasteiger partial charge on any atom is -0.328 e. The van der Waals surface area contributed by atoms with E-state index in [0.717, 1.165) is 12.8 Å². The molecule has 2 N–H and O–H groups in total. The van der Waals surface area contributed by atoms with Crippen LogP contribution in [0, 0.1) is 0 Å². The van der Waals surface area contributed by atoms with Gasteiger partial charge in [0.05, 0.1) is 5.01 Å². The molecule has 0 aliphatic carbocycles. The maximum atomic E-state index is 5.80. The number of thiazole rings is 1.